The summed E-state index contributed by atoms with van der Waals surface area (Å²) in [7, 11) is 0. The van der Waals surface area contributed by atoms with Gasteiger partial charge in [0.15, 0.2) is 0 Å². The zero-order valence-electron chi connectivity index (χ0n) is 17.6. The fourth-order valence-electron chi connectivity index (χ4n) is 3.83. The number of fused-ring (bicyclic) bond motifs is 1. The van der Waals surface area contributed by atoms with Gasteiger partial charge in [0, 0.05) is 29.4 Å². The first kappa shape index (κ1) is 20.1. The van der Waals surface area contributed by atoms with Gasteiger partial charge in [-0.3, -0.25) is 4.99 Å². The molecule has 30 heavy (non-hydrogen) atoms. The van der Waals surface area contributed by atoms with Gasteiger partial charge in [-0.25, -0.2) is 4.39 Å². The van der Waals surface area contributed by atoms with Crippen molar-refractivity contribution in [2.75, 3.05) is 6.54 Å². The molecular weight excluding hydrogens is 371 g/mol. The standard InChI is InChI=1S/C27H27FN2/c1-3-20-9-12-27-26(17-20)24(18-30-27)13-14-29-19(2)23-6-4-5-22(16-23)15-21-7-10-25(28)11-8-21/h4-12,16-18,30H,3,13-15H2,1-2H3. The smallest absolute Gasteiger partial charge is 0.123 e. The van der Waals surface area contributed by atoms with Crippen molar-refractivity contribution in [2.45, 2.75) is 33.1 Å². The van der Waals surface area contributed by atoms with Crippen molar-refractivity contribution < 1.29 is 4.39 Å². The Balaban J connectivity index is 1.44. The molecule has 0 saturated carbocycles. The van der Waals surface area contributed by atoms with Crippen LogP contribution in [0.15, 0.2) is 77.9 Å². The second kappa shape index (κ2) is 9.08. The highest BCUT2D eigenvalue weighted by Crippen LogP contribution is 2.21. The van der Waals surface area contributed by atoms with Gasteiger partial charge in [-0.15, -0.1) is 0 Å². The fraction of sp³-hybridized carbons (Fsp3) is 0.222. The lowest BCUT2D eigenvalue weighted by atomic mass is 10.0. The molecule has 0 unspecified atom stereocenters. The Morgan fingerprint density at radius 1 is 0.933 bits per heavy atom. The van der Waals surface area contributed by atoms with Crippen LogP contribution in [0.1, 0.15) is 41.7 Å². The molecule has 1 aromatic heterocycles. The summed E-state index contributed by atoms with van der Waals surface area (Å²) in [6, 6.07) is 21.8. The Morgan fingerprint density at radius 2 is 1.73 bits per heavy atom. The van der Waals surface area contributed by atoms with Gasteiger partial charge in [0.1, 0.15) is 5.82 Å². The quantitative estimate of drug-likeness (QED) is 0.344. The summed E-state index contributed by atoms with van der Waals surface area (Å²) in [6.07, 6.45) is 4.86. The van der Waals surface area contributed by atoms with Crippen molar-refractivity contribution in [1.82, 2.24) is 4.98 Å². The molecule has 0 saturated heterocycles. The van der Waals surface area contributed by atoms with Crippen LogP contribution in [0.2, 0.25) is 0 Å². The van der Waals surface area contributed by atoms with Gasteiger partial charge in [0.2, 0.25) is 0 Å². The predicted octanol–water partition coefficient (Wildman–Crippen LogP) is 6.51. The van der Waals surface area contributed by atoms with Gasteiger partial charge in [0.05, 0.1) is 0 Å². The number of aromatic nitrogens is 1. The number of halogens is 1. The van der Waals surface area contributed by atoms with Gasteiger partial charge in [-0.05, 0) is 84.3 Å². The Bertz CT molecular complexity index is 1170. The van der Waals surface area contributed by atoms with Crippen LogP contribution in [0.25, 0.3) is 10.9 Å². The Kier molecular flexibility index (Phi) is 6.08. The minimum absolute atomic E-state index is 0.198. The summed E-state index contributed by atoms with van der Waals surface area (Å²) in [5, 5.41) is 1.31. The largest absolute Gasteiger partial charge is 0.361 e. The number of rotatable bonds is 7. The van der Waals surface area contributed by atoms with Crippen LogP contribution in [-0.2, 0) is 19.3 Å². The number of aromatic amines is 1. The van der Waals surface area contributed by atoms with E-state index in [0.717, 1.165) is 42.6 Å². The van der Waals surface area contributed by atoms with E-state index in [1.807, 2.05) is 12.1 Å². The predicted molar refractivity (Wildman–Crippen MR) is 124 cm³/mol. The molecule has 0 aliphatic heterocycles. The number of aryl methyl sites for hydroxylation is 1. The van der Waals surface area contributed by atoms with Gasteiger partial charge >= 0.3 is 0 Å². The van der Waals surface area contributed by atoms with Crippen LogP contribution in [0.5, 0.6) is 0 Å². The van der Waals surface area contributed by atoms with Crippen LogP contribution in [0.4, 0.5) is 4.39 Å². The lowest BCUT2D eigenvalue weighted by molar-refractivity contribution is 0.627. The first-order valence-electron chi connectivity index (χ1n) is 10.6. The first-order valence-corrected chi connectivity index (χ1v) is 10.6. The molecule has 3 heteroatoms. The maximum absolute atomic E-state index is 13.1. The number of hydrogen-bond acceptors (Lipinski definition) is 1. The van der Waals surface area contributed by atoms with Crippen LogP contribution in [0.3, 0.4) is 0 Å². The maximum atomic E-state index is 13.1. The lowest BCUT2D eigenvalue weighted by Crippen LogP contribution is -2.00. The molecule has 1 N–H and O–H groups in total. The molecule has 0 bridgehead atoms. The molecule has 0 spiro atoms. The molecule has 1 heterocycles. The van der Waals surface area contributed by atoms with E-state index in [1.165, 1.54) is 39.7 Å². The molecule has 0 amide bonds. The molecule has 0 aliphatic carbocycles. The Labute approximate surface area is 177 Å². The normalized spacial score (nSPS) is 11.9. The molecule has 2 nitrogen and oxygen atoms in total. The number of H-pyrrole nitrogens is 1. The van der Waals surface area contributed by atoms with E-state index in [0.29, 0.717) is 0 Å². The summed E-state index contributed by atoms with van der Waals surface area (Å²) in [5.41, 5.74) is 8.37. The Morgan fingerprint density at radius 3 is 2.53 bits per heavy atom. The second-order valence-corrected chi connectivity index (χ2v) is 7.77. The molecular formula is C27H27FN2. The third kappa shape index (κ3) is 4.68. The van der Waals surface area contributed by atoms with Crippen molar-refractivity contribution in [3.63, 3.8) is 0 Å². The van der Waals surface area contributed by atoms with E-state index in [9.17, 15) is 4.39 Å². The van der Waals surface area contributed by atoms with E-state index in [4.69, 9.17) is 4.99 Å². The summed E-state index contributed by atoms with van der Waals surface area (Å²) in [5.74, 6) is -0.198. The van der Waals surface area contributed by atoms with Crippen LogP contribution in [-0.4, -0.2) is 17.2 Å². The zero-order valence-corrected chi connectivity index (χ0v) is 17.6. The molecule has 0 aliphatic rings. The topological polar surface area (TPSA) is 28.1 Å². The van der Waals surface area contributed by atoms with Crippen molar-refractivity contribution in [3.05, 3.63) is 107 Å². The zero-order chi connectivity index (χ0) is 20.9. The molecule has 3 aromatic carbocycles. The van der Waals surface area contributed by atoms with Crippen molar-refractivity contribution in [1.29, 1.82) is 0 Å². The minimum atomic E-state index is -0.198. The highest BCUT2D eigenvalue weighted by atomic mass is 19.1. The molecule has 4 rings (SSSR count). The number of hydrogen-bond donors (Lipinski definition) is 1. The number of aliphatic imine (C=N–C) groups is 1. The van der Waals surface area contributed by atoms with E-state index < -0.39 is 0 Å². The van der Waals surface area contributed by atoms with Gasteiger partial charge < -0.3 is 4.98 Å². The molecule has 4 aromatic rings. The van der Waals surface area contributed by atoms with Crippen molar-refractivity contribution in [3.8, 4) is 0 Å². The van der Waals surface area contributed by atoms with E-state index >= 15 is 0 Å². The fourth-order valence-corrected chi connectivity index (χ4v) is 3.83. The highest BCUT2D eigenvalue weighted by Gasteiger charge is 2.05. The summed E-state index contributed by atoms with van der Waals surface area (Å²) in [4.78, 5) is 8.20. The average molecular weight is 399 g/mol. The van der Waals surface area contributed by atoms with Gasteiger partial charge in [-0.2, -0.15) is 0 Å². The first-order chi connectivity index (χ1) is 14.6. The van der Waals surface area contributed by atoms with Crippen LogP contribution < -0.4 is 0 Å². The summed E-state index contributed by atoms with van der Waals surface area (Å²) < 4.78 is 13.1. The third-order valence-electron chi connectivity index (χ3n) is 5.64. The van der Waals surface area contributed by atoms with E-state index in [1.54, 1.807) is 0 Å². The highest BCUT2D eigenvalue weighted by molar-refractivity contribution is 5.98. The van der Waals surface area contributed by atoms with Gasteiger partial charge in [-0.1, -0.05) is 43.3 Å². The Hall–Kier alpha value is -3.20. The third-order valence-corrected chi connectivity index (χ3v) is 5.64. The maximum Gasteiger partial charge on any atom is 0.123 e. The summed E-state index contributed by atoms with van der Waals surface area (Å²) in [6.45, 7) is 5.02. The van der Waals surface area contributed by atoms with E-state index in [2.05, 4.69) is 67.5 Å². The minimum Gasteiger partial charge on any atom is -0.361 e. The van der Waals surface area contributed by atoms with Crippen LogP contribution >= 0.6 is 0 Å². The van der Waals surface area contributed by atoms with E-state index in [-0.39, 0.29) is 5.82 Å². The lowest BCUT2D eigenvalue weighted by Gasteiger charge is -2.06. The van der Waals surface area contributed by atoms with Crippen molar-refractivity contribution in [2.24, 2.45) is 4.99 Å². The average Bonchev–Trinajstić information content (AvgIpc) is 3.17. The van der Waals surface area contributed by atoms with Crippen molar-refractivity contribution >= 4 is 16.6 Å². The number of nitrogens with zero attached hydrogens (tertiary/aromatic N) is 1. The number of nitrogens with one attached hydrogen (secondary N) is 1. The second-order valence-electron chi connectivity index (χ2n) is 7.77. The molecule has 152 valence electrons. The molecule has 0 fully saturated rings. The number of benzene rings is 3. The molecule has 0 radical (unpaired) electrons. The van der Waals surface area contributed by atoms with Crippen LogP contribution in [0, 0.1) is 5.82 Å². The summed E-state index contributed by atoms with van der Waals surface area (Å²) >= 11 is 0. The van der Waals surface area contributed by atoms with Gasteiger partial charge in [0.25, 0.3) is 0 Å². The monoisotopic (exact) mass is 398 g/mol. The SMILES string of the molecule is CCc1ccc2[nH]cc(CCN=C(C)c3cccc(Cc4ccc(F)cc4)c3)c2c1. The molecule has 0 atom stereocenters.